The van der Waals surface area contributed by atoms with Crippen LogP contribution < -0.4 is 15.4 Å². The molecule has 0 aromatic heterocycles. The zero-order chi connectivity index (χ0) is 29.5. The van der Waals surface area contributed by atoms with E-state index in [0.717, 1.165) is 0 Å². The minimum Gasteiger partial charge on any atom is -0.497 e. The molecule has 4 rings (SSSR count). The molecular formula is C26H30N6O9. The number of benzene rings is 2. The normalized spacial score (nSPS) is 17.5. The Kier molecular flexibility index (Phi) is 9.19. The maximum absolute atomic E-state index is 13.8. The number of amides is 5. The largest absolute Gasteiger partial charge is 0.497 e. The number of ether oxygens (including phenoxy) is 2. The molecule has 0 spiro atoms. The van der Waals surface area contributed by atoms with Gasteiger partial charge in [0, 0.05) is 44.0 Å². The fourth-order valence-electron chi connectivity index (χ4n) is 4.66. The number of hydrogen-bond donors (Lipinski definition) is 3. The summed E-state index contributed by atoms with van der Waals surface area (Å²) < 4.78 is 10.4. The highest BCUT2D eigenvalue weighted by atomic mass is 16.6. The van der Waals surface area contributed by atoms with Crippen molar-refractivity contribution >= 4 is 35.3 Å². The van der Waals surface area contributed by atoms with Gasteiger partial charge in [0.2, 0.25) is 0 Å². The smallest absolute Gasteiger partial charge is 0.323 e. The molecule has 2 aliphatic heterocycles. The highest BCUT2D eigenvalue weighted by Crippen LogP contribution is 2.25. The Balaban J connectivity index is 1.61. The van der Waals surface area contributed by atoms with E-state index in [9.17, 15) is 34.4 Å². The van der Waals surface area contributed by atoms with Crippen LogP contribution in [0.1, 0.15) is 18.0 Å². The van der Waals surface area contributed by atoms with E-state index < -0.39 is 47.5 Å². The van der Waals surface area contributed by atoms with Crippen LogP contribution in [-0.4, -0.2) is 101 Å². The van der Waals surface area contributed by atoms with E-state index in [-0.39, 0.29) is 24.3 Å². The minimum atomic E-state index is -1.42. The molecule has 15 heteroatoms. The second-order valence-corrected chi connectivity index (χ2v) is 9.31. The predicted molar refractivity (Wildman–Crippen MR) is 143 cm³/mol. The lowest BCUT2D eigenvalue weighted by Crippen LogP contribution is -2.58. The third kappa shape index (κ3) is 7.00. The van der Waals surface area contributed by atoms with Crippen LogP contribution in [0.2, 0.25) is 0 Å². The van der Waals surface area contributed by atoms with Crippen LogP contribution in [0.15, 0.2) is 48.5 Å². The third-order valence-electron chi connectivity index (χ3n) is 6.71. The Bertz CT molecular complexity index is 1300. The van der Waals surface area contributed by atoms with Crippen LogP contribution in [0.4, 0.5) is 21.0 Å². The first kappa shape index (κ1) is 29.1. The van der Waals surface area contributed by atoms with Crippen molar-refractivity contribution in [3.63, 3.8) is 0 Å². The first-order chi connectivity index (χ1) is 19.7. The number of nitro benzene ring substituents is 1. The SMILES string of the molecule is COc1ccc(NC(=O)N2CCN(C(=O)N3CCOCC3)C2C(=O)NC(CC(=O)O)c2cccc([N+](=O)[O-])c2)cc1. The molecule has 2 fully saturated rings. The number of carboxylic acids is 1. The van der Waals surface area contributed by atoms with Crippen LogP contribution in [0, 0.1) is 10.1 Å². The Morgan fingerprint density at radius 2 is 1.76 bits per heavy atom. The molecule has 2 unspecified atom stereocenters. The molecule has 2 aromatic rings. The summed E-state index contributed by atoms with van der Waals surface area (Å²) in [6, 6.07) is 9.48. The summed E-state index contributed by atoms with van der Waals surface area (Å²) in [6.07, 6.45) is -2.01. The summed E-state index contributed by atoms with van der Waals surface area (Å²) in [6.45, 7) is 1.33. The third-order valence-corrected chi connectivity index (χ3v) is 6.71. The Labute approximate surface area is 234 Å². The lowest BCUT2D eigenvalue weighted by atomic mass is 10.0. The van der Waals surface area contributed by atoms with E-state index in [1.807, 2.05) is 0 Å². The number of methoxy groups -OCH3 is 1. The molecule has 218 valence electrons. The molecule has 2 saturated heterocycles. The topological polar surface area (TPSA) is 184 Å². The van der Waals surface area contributed by atoms with E-state index >= 15 is 0 Å². The number of nitrogens with zero attached hydrogens (tertiary/aromatic N) is 4. The number of carbonyl (C=O) groups excluding carboxylic acids is 3. The van der Waals surface area contributed by atoms with Crippen molar-refractivity contribution in [3.05, 3.63) is 64.2 Å². The first-order valence-electron chi connectivity index (χ1n) is 12.8. The highest BCUT2D eigenvalue weighted by molar-refractivity contribution is 5.96. The number of morpholine rings is 1. The maximum Gasteiger partial charge on any atom is 0.323 e. The number of anilines is 1. The van der Waals surface area contributed by atoms with Gasteiger partial charge in [0.25, 0.3) is 11.6 Å². The molecule has 0 radical (unpaired) electrons. The summed E-state index contributed by atoms with van der Waals surface area (Å²) in [5.74, 6) is -1.50. The van der Waals surface area contributed by atoms with Crippen molar-refractivity contribution in [1.29, 1.82) is 0 Å². The van der Waals surface area contributed by atoms with E-state index in [1.165, 1.54) is 46.1 Å². The molecule has 0 aliphatic carbocycles. The van der Waals surface area contributed by atoms with Crippen molar-refractivity contribution in [2.75, 3.05) is 51.8 Å². The fourth-order valence-corrected chi connectivity index (χ4v) is 4.66. The van der Waals surface area contributed by atoms with Crippen LogP contribution >= 0.6 is 0 Å². The van der Waals surface area contributed by atoms with Gasteiger partial charge in [0.15, 0.2) is 6.17 Å². The standard InChI is InChI=1S/C26H30N6O9/c1-40-20-7-5-18(6-8-20)27-25(36)30-9-10-31(26(37)29-11-13-41-14-12-29)24(30)23(35)28-21(16-22(33)34)17-3-2-4-19(15-17)32(38)39/h2-8,15,21,24H,9-14,16H2,1H3,(H,27,36)(H,28,35)(H,33,34). The number of urea groups is 2. The number of rotatable bonds is 8. The van der Waals surface area contributed by atoms with Crippen LogP contribution in [0.5, 0.6) is 5.75 Å². The number of non-ortho nitro benzene ring substituents is 1. The summed E-state index contributed by atoms with van der Waals surface area (Å²) >= 11 is 0. The Hall–Kier alpha value is -4.92. The number of hydrogen-bond acceptors (Lipinski definition) is 8. The van der Waals surface area contributed by atoms with E-state index in [2.05, 4.69) is 10.6 Å². The molecule has 2 aliphatic rings. The molecule has 15 nitrogen and oxygen atoms in total. The lowest BCUT2D eigenvalue weighted by Gasteiger charge is -2.35. The van der Waals surface area contributed by atoms with Gasteiger partial charge in [-0.2, -0.15) is 0 Å². The van der Waals surface area contributed by atoms with E-state index in [0.29, 0.717) is 37.7 Å². The van der Waals surface area contributed by atoms with Gasteiger partial charge in [-0.3, -0.25) is 29.5 Å². The van der Waals surface area contributed by atoms with Crippen molar-refractivity contribution in [2.24, 2.45) is 0 Å². The van der Waals surface area contributed by atoms with Crippen molar-refractivity contribution in [2.45, 2.75) is 18.6 Å². The van der Waals surface area contributed by atoms with Gasteiger partial charge >= 0.3 is 18.0 Å². The quantitative estimate of drug-likeness (QED) is 0.315. The fraction of sp³-hybridized carbons (Fsp3) is 0.385. The average Bonchev–Trinajstić information content (AvgIpc) is 3.43. The van der Waals surface area contributed by atoms with E-state index in [4.69, 9.17) is 9.47 Å². The second-order valence-electron chi connectivity index (χ2n) is 9.31. The molecule has 2 aromatic carbocycles. The number of carboxylic acid groups (broad SMARTS) is 1. The monoisotopic (exact) mass is 570 g/mol. The minimum absolute atomic E-state index is 0.0244. The number of aliphatic carboxylic acids is 1. The maximum atomic E-state index is 13.8. The van der Waals surface area contributed by atoms with Crippen LogP contribution in [0.25, 0.3) is 0 Å². The van der Waals surface area contributed by atoms with Crippen LogP contribution in [-0.2, 0) is 14.3 Å². The highest BCUT2D eigenvalue weighted by Gasteiger charge is 2.45. The van der Waals surface area contributed by atoms with Gasteiger partial charge in [-0.25, -0.2) is 9.59 Å². The first-order valence-corrected chi connectivity index (χ1v) is 12.8. The second kappa shape index (κ2) is 13.0. The van der Waals surface area contributed by atoms with Gasteiger partial charge in [-0.15, -0.1) is 0 Å². The molecule has 0 saturated carbocycles. The summed E-state index contributed by atoms with van der Waals surface area (Å²) in [5, 5.41) is 26.1. The predicted octanol–water partition coefficient (Wildman–Crippen LogP) is 1.86. The molecule has 5 amide bonds. The van der Waals surface area contributed by atoms with Gasteiger partial charge in [-0.05, 0) is 29.8 Å². The summed E-state index contributed by atoms with van der Waals surface area (Å²) in [7, 11) is 1.51. The summed E-state index contributed by atoms with van der Waals surface area (Å²) in [4.78, 5) is 66.8. The van der Waals surface area contributed by atoms with Crippen molar-refractivity contribution in [3.8, 4) is 5.75 Å². The Morgan fingerprint density at radius 1 is 1.07 bits per heavy atom. The van der Waals surface area contributed by atoms with Gasteiger partial charge in [0.1, 0.15) is 5.75 Å². The molecule has 2 atom stereocenters. The van der Waals surface area contributed by atoms with Crippen molar-refractivity contribution < 1.29 is 38.7 Å². The zero-order valence-corrected chi connectivity index (χ0v) is 22.2. The van der Waals surface area contributed by atoms with Gasteiger partial charge in [0.05, 0.1) is 37.7 Å². The average molecular weight is 571 g/mol. The lowest BCUT2D eigenvalue weighted by molar-refractivity contribution is -0.384. The number of carbonyl (C=O) groups is 4. The van der Waals surface area contributed by atoms with Crippen LogP contribution in [0.3, 0.4) is 0 Å². The zero-order valence-electron chi connectivity index (χ0n) is 22.2. The molecule has 41 heavy (non-hydrogen) atoms. The van der Waals surface area contributed by atoms with Gasteiger partial charge < -0.3 is 30.1 Å². The number of nitro groups is 1. The Morgan fingerprint density at radius 3 is 2.39 bits per heavy atom. The van der Waals surface area contributed by atoms with Gasteiger partial charge in [-0.1, -0.05) is 12.1 Å². The molecule has 0 bridgehead atoms. The molecule has 2 heterocycles. The molecule has 3 N–H and O–H groups in total. The summed E-state index contributed by atoms with van der Waals surface area (Å²) in [5.41, 5.74) is 0.333. The van der Waals surface area contributed by atoms with E-state index in [1.54, 1.807) is 24.3 Å². The molecular weight excluding hydrogens is 540 g/mol. The van der Waals surface area contributed by atoms with Crippen molar-refractivity contribution in [1.82, 2.24) is 20.0 Å². The number of nitrogens with one attached hydrogen (secondary N) is 2.